The first-order valence-electron chi connectivity index (χ1n) is 21.6. The van der Waals surface area contributed by atoms with Crippen molar-refractivity contribution in [2.75, 3.05) is 47.5 Å². The topological polar surface area (TPSA) is 111 Å². The number of likely N-dealkylation sites (N-methyl/N-ethyl adjacent to an activating group) is 1. The zero-order chi connectivity index (χ0) is 41.4. The van der Waals surface area contributed by atoms with E-state index in [4.69, 9.17) is 18.5 Å². The van der Waals surface area contributed by atoms with Gasteiger partial charge in [0.1, 0.15) is 19.8 Å². The van der Waals surface area contributed by atoms with E-state index in [1.165, 1.54) is 57.8 Å². The Morgan fingerprint density at radius 2 is 0.982 bits per heavy atom. The summed E-state index contributed by atoms with van der Waals surface area (Å²) in [6, 6.07) is 0. The van der Waals surface area contributed by atoms with Gasteiger partial charge in [-0.25, -0.2) is 0 Å². The van der Waals surface area contributed by atoms with Crippen LogP contribution in [0.5, 0.6) is 0 Å². The molecular weight excluding hydrogens is 725 g/mol. The average Bonchev–Trinajstić information content (AvgIpc) is 3.15. The third-order valence-corrected chi connectivity index (χ3v) is 9.66. The lowest BCUT2D eigenvalue weighted by molar-refractivity contribution is -0.870. The first kappa shape index (κ1) is 53.5. The lowest BCUT2D eigenvalue weighted by Crippen LogP contribution is -2.37. The average molecular weight is 806 g/mol. The van der Waals surface area contributed by atoms with Crippen molar-refractivity contribution in [3.8, 4) is 0 Å². The first-order chi connectivity index (χ1) is 27.0. The van der Waals surface area contributed by atoms with Gasteiger partial charge in [-0.3, -0.25) is 14.2 Å². The Kier molecular flexibility index (Phi) is 36.3. The molecule has 0 N–H and O–H groups in total. The van der Waals surface area contributed by atoms with Crippen LogP contribution in [-0.4, -0.2) is 70.0 Å². The standard InChI is InChI=1S/C46H80NO8P/c1-6-8-10-12-14-16-18-20-22-23-25-27-29-31-33-35-37-39-46(49)55-44(43-54-56(50,51)53-41-40-47(3,4)5)42-52-45(48)38-36-34-32-30-28-26-24-21-19-17-15-13-11-9-7-2/h15,17,20-22,24-25,27-28,30-31,33,44H,6-14,16,18-19,23,26,29,32,34-43H2,1-5H3/b17-15-,22-20-,24-21-,27-25-,30-28-,33-31-/t44-/m1/s1. The third kappa shape index (κ3) is 41.1. The smallest absolute Gasteiger partial charge is 0.306 e. The Balaban J connectivity index is 4.54. The minimum atomic E-state index is -4.65. The Hall–Kier alpha value is -2.55. The van der Waals surface area contributed by atoms with E-state index in [0.29, 0.717) is 30.3 Å². The van der Waals surface area contributed by atoms with Gasteiger partial charge in [0, 0.05) is 12.8 Å². The van der Waals surface area contributed by atoms with Crippen LogP contribution in [0, 0.1) is 0 Å². The summed E-state index contributed by atoms with van der Waals surface area (Å²) < 4.78 is 33.8. The van der Waals surface area contributed by atoms with Gasteiger partial charge >= 0.3 is 11.9 Å². The van der Waals surface area contributed by atoms with E-state index in [0.717, 1.165) is 51.4 Å². The van der Waals surface area contributed by atoms with Crippen LogP contribution in [0.3, 0.4) is 0 Å². The second-order valence-electron chi connectivity index (χ2n) is 15.3. The number of carbonyl (C=O) groups is 2. The van der Waals surface area contributed by atoms with Crippen molar-refractivity contribution in [1.82, 2.24) is 0 Å². The molecule has 322 valence electrons. The molecule has 0 aliphatic heterocycles. The van der Waals surface area contributed by atoms with Gasteiger partial charge in [0.2, 0.25) is 0 Å². The van der Waals surface area contributed by atoms with Crippen molar-refractivity contribution in [3.05, 3.63) is 72.9 Å². The summed E-state index contributed by atoms with van der Waals surface area (Å²) in [5.41, 5.74) is 0. The minimum absolute atomic E-state index is 0.0495. The quantitative estimate of drug-likeness (QED) is 0.0199. The van der Waals surface area contributed by atoms with Crippen LogP contribution >= 0.6 is 7.82 Å². The van der Waals surface area contributed by atoms with Crippen LogP contribution < -0.4 is 4.89 Å². The highest BCUT2D eigenvalue weighted by Gasteiger charge is 2.21. The number of quaternary nitrogens is 1. The third-order valence-electron chi connectivity index (χ3n) is 8.70. The van der Waals surface area contributed by atoms with Crippen molar-refractivity contribution < 1.29 is 42.1 Å². The highest BCUT2D eigenvalue weighted by atomic mass is 31.2. The van der Waals surface area contributed by atoms with Crippen molar-refractivity contribution in [1.29, 1.82) is 0 Å². The molecule has 0 radical (unpaired) electrons. The van der Waals surface area contributed by atoms with E-state index in [1.54, 1.807) is 0 Å². The van der Waals surface area contributed by atoms with Crippen LogP contribution in [0.4, 0.5) is 0 Å². The van der Waals surface area contributed by atoms with Gasteiger partial charge in [-0.05, 0) is 83.5 Å². The lowest BCUT2D eigenvalue weighted by atomic mass is 10.1. The van der Waals surface area contributed by atoms with Crippen LogP contribution in [0.25, 0.3) is 0 Å². The maximum Gasteiger partial charge on any atom is 0.306 e. The lowest BCUT2D eigenvalue weighted by Gasteiger charge is -2.28. The van der Waals surface area contributed by atoms with Crippen molar-refractivity contribution in [2.24, 2.45) is 0 Å². The number of hydrogen-bond donors (Lipinski definition) is 0. The monoisotopic (exact) mass is 806 g/mol. The van der Waals surface area contributed by atoms with E-state index < -0.39 is 32.5 Å². The molecule has 0 amide bonds. The predicted molar refractivity (Wildman–Crippen MR) is 231 cm³/mol. The number of allylic oxidation sites excluding steroid dienone is 12. The van der Waals surface area contributed by atoms with Crippen LogP contribution in [0.15, 0.2) is 72.9 Å². The number of carbonyl (C=O) groups excluding carboxylic acids is 2. The number of nitrogens with zero attached hydrogens (tertiary/aromatic N) is 1. The Bertz CT molecular complexity index is 1180. The van der Waals surface area contributed by atoms with Crippen LogP contribution in [-0.2, 0) is 32.7 Å². The molecule has 0 bridgehead atoms. The largest absolute Gasteiger partial charge is 0.756 e. The maximum absolute atomic E-state index is 12.6. The molecule has 0 spiro atoms. The second kappa shape index (κ2) is 38.0. The molecule has 0 saturated carbocycles. The molecule has 0 rings (SSSR count). The van der Waals surface area contributed by atoms with Crippen LogP contribution in [0.1, 0.15) is 155 Å². The number of rotatable bonds is 38. The summed E-state index contributed by atoms with van der Waals surface area (Å²) in [6.07, 6.45) is 46.5. The molecule has 0 aromatic carbocycles. The molecule has 0 aromatic rings. The second-order valence-corrected chi connectivity index (χ2v) is 16.8. The fourth-order valence-electron chi connectivity index (χ4n) is 5.26. The van der Waals surface area contributed by atoms with E-state index in [9.17, 15) is 19.0 Å². The van der Waals surface area contributed by atoms with E-state index in [1.807, 2.05) is 27.2 Å². The zero-order valence-electron chi connectivity index (χ0n) is 36.1. The fraction of sp³-hybridized carbons (Fsp3) is 0.696. The molecular formula is C46H80NO8P. The highest BCUT2D eigenvalue weighted by molar-refractivity contribution is 7.45. The molecule has 9 nitrogen and oxygen atoms in total. The van der Waals surface area contributed by atoms with Gasteiger partial charge in [-0.2, -0.15) is 0 Å². The van der Waals surface area contributed by atoms with Crippen molar-refractivity contribution in [2.45, 2.75) is 161 Å². The summed E-state index contributed by atoms with van der Waals surface area (Å²) in [5.74, 6) is -0.948. The number of phosphoric ester groups is 1. The SMILES string of the molecule is CCCCC/C=C\C/C=C\C/C=C\CCCCC(=O)OC[C@H](COP(=O)([O-])OCC[N+](C)(C)C)OC(=O)CCC/C=C\C/C=C\C/C=C\CCCCCCCC. The van der Waals surface area contributed by atoms with Crippen LogP contribution in [0.2, 0.25) is 0 Å². The molecule has 1 unspecified atom stereocenters. The minimum Gasteiger partial charge on any atom is -0.756 e. The Morgan fingerprint density at radius 3 is 1.52 bits per heavy atom. The fourth-order valence-corrected chi connectivity index (χ4v) is 5.99. The van der Waals surface area contributed by atoms with Gasteiger partial charge < -0.3 is 27.9 Å². The summed E-state index contributed by atoms with van der Waals surface area (Å²) in [5, 5.41) is 0. The van der Waals surface area contributed by atoms with Gasteiger partial charge in [-0.15, -0.1) is 0 Å². The number of phosphoric acid groups is 1. The highest BCUT2D eigenvalue weighted by Crippen LogP contribution is 2.38. The molecule has 0 saturated heterocycles. The van der Waals surface area contributed by atoms with Crippen molar-refractivity contribution >= 4 is 19.8 Å². The summed E-state index contributed by atoms with van der Waals surface area (Å²) in [6.45, 7) is 4.06. The molecule has 0 aliphatic carbocycles. The molecule has 0 heterocycles. The molecule has 56 heavy (non-hydrogen) atoms. The Morgan fingerprint density at radius 1 is 0.554 bits per heavy atom. The normalized spacial score (nSPS) is 14.3. The van der Waals surface area contributed by atoms with Gasteiger partial charge in [0.15, 0.2) is 6.10 Å². The Labute approximate surface area is 342 Å². The van der Waals surface area contributed by atoms with E-state index >= 15 is 0 Å². The predicted octanol–water partition coefficient (Wildman–Crippen LogP) is 11.6. The van der Waals surface area contributed by atoms with Crippen molar-refractivity contribution in [3.63, 3.8) is 0 Å². The zero-order valence-corrected chi connectivity index (χ0v) is 36.9. The van der Waals surface area contributed by atoms with E-state index in [2.05, 4.69) is 80.7 Å². The molecule has 0 aromatic heterocycles. The molecule has 2 atom stereocenters. The summed E-state index contributed by atoms with van der Waals surface area (Å²) >= 11 is 0. The number of esters is 2. The molecule has 0 aliphatic rings. The van der Waals surface area contributed by atoms with Gasteiger partial charge in [0.25, 0.3) is 7.82 Å². The maximum atomic E-state index is 12.6. The number of hydrogen-bond acceptors (Lipinski definition) is 8. The molecule has 10 heteroatoms. The summed E-state index contributed by atoms with van der Waals surface area (Å²) in [4.78, 5) is 37.5. The summed E-state index contributed by atoms with van der Waals surface area (Å²) in [7, 11) is 1.10. The van der Waals surface area contributed by atoms with E-state index in [-0.39, 0.29) is 26.1 Å². The van der Waals surface area contributed by atoms with Gasteiger partial charge in [-0.1, -0.05) is 132 Å². The number of unbranched alkanes of at least 4 members (excludes halogenated alkanes) is 12. The first-order valence-corrected chi connectivity index (χ1v) is 23.1. The molecule has 0 fully saturated rings. The van der Waals surface area contributed by atoms with Gasteiger partial charge in [0.05, 0.1) is 27.7 Å². The number of ether oxygens (including phenoxy) is 2.